The van der Waals surface area contributed by atoms with Gasteiger partial charge in [-0.15, -0.1) is 0 Å². The van der Waals surface area contributed by atoms with Crippen molar-refractivity contribution in [2.75, 3.05) is 0 Å². The van der Waals surface area contributed by atoms with Gasteiger partial charge in [0, 0.05) is 18.7 Å². The molecule has 2 unspecified atom stereocenters. The zero-order valence-electron chi connectivity index (χ0n) is 19.4. The lowest BCUT2D eigenvalue weighted by Crippen LogP contribution is -2.61. The summed E-state index contributed by atoms with van der Waals surface area (Å²) in [5.41, 5.74) is 1.15. The Labute approximate surface area is 197 Å². The van der Waals surface area contributed by atoms with E-state index in [2.05, 4.69) is 10.1 Å². The molecule has 4 fully saturated rings. The Morgan fingerprint density at radius 3 is 2.53 bits per heavy atom. The van der Waals surface area contributed by atoms with E-state index < -0.39 is 12.2 Å². The van der Waals surface area contributed by atoms with Crippen molar-refractivity contribution in [1.82, 2.24) is 9.88 Å². The Bertz CT molecular complexity index is 1110. The molecule has 1 aromatic carbocycles. The average Bonchev–Trinajstić information content (AvgIpc) is 3.10. The number of nitrogens with one attached hydrogen (secondary N) is 1. The molecular formula is C26H30F2N2O4. The fraction of sp³-hybridized carbons (Fsp3) is 0.538. The number of aryl methyl sites for hydroxylation is 1. The molecule has 34 heavy (non-hydrogen) atoms. The minimum Gasteiger partial charge on any atom is -0.435 e. The van der Waals surface area contributed by atoms with Crippen LogP contribution in [-0.2, 0) is 13.5 Å². The van der Waals surface area contributed by atoms with Crippen LogP contribution in [0.15, 0.2) is 30.3 Å². The first-order valence-electron chi connectivity index (χ1n) is 12.0. The SMILES string of the molecule is CCc1cc(C(=O)c2cccc(OC(F)F)c2)n(C)c1C(=O)NC1C2CC3CC1CC(O)(C3)C2. The lowest BCUT2D eigenvalue weighted by atomic mass is 9.52. The van der Waals surface area contributed by atoms with E-state index in [1.807, 2.05) is 6.92 Å². The molecule has 4 aliphatic rings. The summed E-state index contributed by atoms with van der Waals surface area (Å²) in [6, 6.07) is 7.42. The van der Waals surface area contributed by atoms with Crippen molar-refractivity contribution in [3.63, 3.8) is 0 Å². The van der Waals surface area contributed by atoms with Crippen LogP contribution < -0.4 is 10.1 Å². The second-order valence-corrected chi connectivity index (χ2v) is 10.2. The van der Waals surface area contributed by atoms with E-state index in [9.17, 15) is 23.5 Å². The average molecular weight is 473 g/mol. The Morgan fingerprint density at radius 1 is 1.21 bits per heavy atom. The van der Waals surface area contributed by atoms with E-state index in [1.54, 1.807) is 17.7 Å². The molecule has 0 radical (unpaired) electrons. The number of amides is 1. The number of ether oxygens (including phenoxy) is 1. The number of hydrogen-bond acceptors (Lipinski definition) is 4. The van der Waals surface area contributed by atoms with Crippen molar-refractivity contribution in [3.05, 3.63) is 52.8 Å². The quantitative estimate of drug-likeness (QED) is 0.595. The Kier molecular flexibility index (Phi) is 5.74. The number of hydrogen-bond donors (Lipinski definition) is 2. The zero-order chi connectivity index (χ0) is 24.2. The summed E-state index contributed by atoms with van der Waals surface area (Å²) >= 11 is 0. The topological polar surface area (TPSA) is 80.6 Å². The highest BCUT2D eigenvalue weighted by Crippen LogP contribution is 2.55. The minimum atomic E-state index is -2.98. The molecule has 0 aliphatic heterocycles. The molecule has 0 saturated heterocycles. The molecule has 6 rings (SSSR count). The van der Waals surface area contributed by atoms with Crippen LogP contribution in [0.3, 0.4) is 0 Å². The third-order valence-electron chi connectivity index (χ3n) is 8.00. The number of aromatic nitrogens is 1. The number of ketones is 1. The van der Waals surface area contributed by atoms with Crippen molar-refractivity contribution in [3.8, 4) is 5.75 Å². The van der Waals surface area contributed by atoms with Gasteiger partial charge in [-0.3, -0.25) is 9.59 Å². The van der Waals surface area contributed by atoms with E-state index >= 15 is 0 Å². The lowest BCUT2D eigenvalue weighted by molar-refractivity contribution is -0.137. The zero-order valence-corrected chi connectivity index (χ0v) is 19.4. The molecule has 182 valence electrons. The van der Waals surface area contributed by atoms with Crippen molar-refractivity contribution in [1.29, 1.82) is 0 Å². The fourth-order valence-electron chi connectivity index (χ4n) is 6.85. The molecule has 4 bridgehead atoms. The number of alkyl halides is 2. The van der Waals surface area contributed by atoms with E-state index in [-0.39, 0.29) is 40.9 Å². The number of halogens is 2. The second-order valence-electron chi connectivity index (χ2n) is 10.2. The van der Waals surface area contributed by atoms with Crippen LogP contribution >= 0.6 is 0 Å². The van der Waals surface area contributed by atoms with E-state index in [0.717, 1.165) is 37.7 Å². The highest BCUT2D eigenvalue weighted by Gasteiger charge is 2.55. The Hall–Kier alpha value is -2.74. The minimum absolute atomic E-state index is 0.0336. The van der Waals surface area contributed by atoms with Crippen molar-refractivity contribution >= 4 is 11.7 Å². The van der Waals surface area contributed by atoms with Gasteiger partial charge in [0.15, 0.2) is 0 Å². The summed E-state index contributed by atoms with van der Waals surface area (Å²) < 4.78 is 31.2. The molecule has 4 aliphatic carbocycles. The van der Waals surface area contributed by atoms with E-state index in [1.165, 1.54) is 24.3 Å². The Morgan fingerprint density at radius 2 is 1.91 bits per heavy atom. The molecule has 6 nitrogen and oxygen atoms in total. The maximum absolute atomic E-state index is 13.5. The monoisotopic (exact) mass is 472 g/mol. The number of nitrogens with zero attached hydrogens (tertiary/aromatic N) is 1. The van der Waals surface area contributed by atoms with Crippen LogP contribution in [0.25, 0.3) is 0 Å². The summed E-state index contributed by atoms with van der Waals surface area (Å²) in [6.07, 6.45) is 5.00. The smallest absolute Gasteiger partial charge is 0.387 e. The van der Waals surface area contributed by atoms with Gasteiger partial charge in [0.2, 0.25) is 5.78 Å². The molecule has 4 saturated carbocycles. The molecule has 1 amide bonds. The largest absolute Gasteiger partial charge is 0.435 e. The first-order chi connectivity index (χ1) is 16.2. The summed E-state index contributed by atoms with van der Waals surface area (Å²) in [7, 11) is 1.68. The van der Waals surface area contributed by atoms with Crippen LogP contribution in [0.5, 0.6) is 5.75 Å². The van der Waals surface area contributed by atoms with Crippen molar-refractivity contribution < 1.29 is 28.2 Å². The van der Waals surface area contributed by atoms with E-state index in [0.29, 0.717) is 23.7 Å². The van der Waals surface area contributed by atoms with Gasteiger partial charge >= 0.3 is 6.61 Å². The lowest BCUT2D eigenvalue weighted by Gasteiger charge is -2.58. The highest BCUT2D eigenvalue weighted by molar-refractivity contribution is 6.09. The van der Waals surface area contributed by atoms with Crippen LogP contribution in [0.4, 0.5) is 8.78 Å². The van der Waals surface area contributed by atoms with Gasteiger partial charge in [-0.05, 0) is 80.0 Å². The van der Waals surface area contributed by atoms with Crippen LogP contribution in [0.1, 0.15) is 71.1 Å². The van der Waals surface area contributed by atoms with Gasteiger partial charge < -0.3 is 19.7 Å². The van der Waals surface area contributed by atoms with E-state index in [4.69, 9.17) is 0 Å². The first kappa shape index (κ1) is 23.0. The number of carbonyl (C=O) groups is 2. The molecular weight excluding hydrogens is 442 g/mol. The summed E-state index contributed by atoms with van der Waals surface area (Å²) in [4.78, 5) is 26.7. The molecule has 1 aromatic heterocycles. The van der Waals surface area contributed by atoms with Gasteiger partial charge in [0.05, 0.1) is 11.3 Å². The van der Waals surface area contributed by atoms with Gasteiger partial charge in [0.1, 0.15) is 11.4 Å². The second kappa shape index (κ2) is 8.48. The molecule has 0 spiro atoms. The van der Waals surface area contributed by atoms with Gasteiger partial charge in [-0.2, -0.15) is 8.78 Å². The standard InChI is InChI=1S/C26H30F2N2O4/c1-3-15-10-20(23(31)16-5-4-6-19(9-16)34-25(27)28)30(2)22(15)24(32)29-21-17-7-14-8-18(21)13-26(33,11-14)12-17/h4-6,9-10,14,17-18,21,25,33H,3,7-8,11-13H2,1-2H3,(H,29,32). The maximum atomic E-state index is 13.5. The predicted octanol–water partition coefficient (Wildman–Crippen LogP) is 4.09. The first-order valence-corrected chi connectivity index (χ1v) is 12.0. The molecule has 2 atom stereocenters. The van der Waals surface area contributed by atoms with Gasteiger partial charge in [-0.1, -0.05) is 19.1 Å². The normalized spacial score (nSPS) is 29.5. The van der Waals surface area contributed by atoms with Crippen molar-refractivity contribution in [2.45, 2.75) is 63.7 Å². The number of benzene rings is 1. The molecule has 2 N–H and O–H groups in total. The third kappa shape index (κ3) is 4.02. The van der Waals surface area contributed by atoms with Crippen LogP contribution in [-0.4, -0.2) is 39.6 Å². The number of aliphatic hydroxyl groups is 1. The fourth-order valence-corrected chi connectivity index (χ4v) is 6.85. The highest BCUT2D eigenvalue weighted by atomic mass is 19.3. The summed E-state index contributed by atoms with van der Waals surface area (Å²) in [5, 5.41) is 14.1. The van der Waals surface area contributed by atoms with Crippen LogP contribution in [0.2, 0.25) is 0 Å². The predicted molar refractivity (Wildman–Crippen MR) is 121 cm³/mol. The third-order valence-corrected chi connectivity index (χ3v) is 8.00. The van der Waals surface area contributed by atoms with Crippen molar-refractivity contribution in [2.24, 2.45) is 24.8 Å². The van der Waals surface area contributed by atoms with Gasteiger partial charge in [-0.25, -0.2) is 0 Å². The van der Waals surface area contributed by atoms with Crippen LogP contribution in [0, 0.1) is 17.8 Å². The van der Waals surface area contributed by atoms with Gasteiger partial charge in [0.25, 0.3) is 5.91 Å². The maximum Gasteiger partial charge on any atom is 0.387 e. The molecule has 8 heteroatoms. The number of rotatable bonds is 7. The Balaban J connectivity index is 1.39. The summed E-state index contributed by atoms with van der Waals surface area (Å²) in [6.45, 7) is -1.05. The molecule has 1 heterocycles. The summed E-state index contributed by atoms with van der Waals surface area (Å²) in [5.74, 6) is 0.442. The molecule has 2 aromatic rings. The number of carbonyl (C=O) groups excluding carboxylic acids is 2.